The van der Waals surface area contributed by atoms with Crippen LogP contribution in [0.5, 0.6) is 0 Å². The van der Waals surface area contributed by atoms with Gasteiger partial charge in [-0.05, 0) is 19.4 Å². The van der Waals surface area contributed by atoms with Crippen molar-refractivity contribution in [3.8, 4) is 0 Å². The van der Waals surface area contributed by atoms with E-state index in [4.69, 9.17) is 18.9 Å². The molecule has 0 bridgehead atoms. The summed E-state index contributed by atoms with van der Waals surface area (Å²) in [6.07, 6.45) is -2.83. The van der Waals surface area contributed by atoms with Crippen molar-refractivity contribution in [3.63, 3.8) is 0 Å². The molecule has 2 aliphatic heterocycles. The number of nitrogens with one attached hydrogen (secondary N) is 1. The largest absolute Gasteiger partial charge is 0.388 e. The molecule has 7 heteroatoms. The number of hydrogen-bond donors (Lipinski definition) is 2. The van der Waals surface area contributed by atoms with Crippen LogP contribution in [0.4, 0.5) is 0 Å². The van der Waals surface area contributed by atoms with E-state index in [0.717, 1.165) is 5.56 Å². The average Bonchev–Trinajstić information content (AvgIpc) is 2.57. The summed E-state index contributed by atoms with van der Waals surface area (Å²) < 4.78 is 23.2. The summed E-state index contributed by atoms with van der Waals surface area (Å²) in [6.45, 7) is 5.54. The number of rotatable bonds is 4. The lowest BCUT2D eigenvalue weighted by molar-refractivity contribution is -0.369. The molecule has 0 aromatic heterocycles. The number of hydrogen-bond acceptors (Lipinski definition) is 6. The highest BCUT2D eigenvalue weighted by Crippen LogP contribution is 2.33. The Bertz CT molecular complexity index is 592. The second-order valence-corrected chi connectivity index (χ2v) is 6.85. The third kappa shape index (κ3) is 4.37. The number of fused-ring (bicyclic) bond motifs is 1. The Morgan fingerprint density at radius 2 is 2.08 bits per heavy atom. The van der Waals surface area contributed by atoms with Gasteiger partial charge in [-0.2, -0.15) is 0 Å². The SMILES string of the molecule is CC(=O)N[C@H]1[C@@H](OCc2ccccc2)O[C@@H]2COC(C)(C)O[C@@H]2[C@@H]1O. The monoisotopic (exact) mass is 351 g/mol. The Morgan fingerprint density at radius 1 is 1.36 bits per heavy atom. The van der Waals surface area contributed by atoms with Crippen molar-refractivity contribution in [1.82, 2.24) is 5.32 Å². The van der Waals surface area contributed by atoms with Gasteiger partial charge in [0.15, 0.2) is 12.1 Å². The van der Waals surface area contributed by atoms with Crippen molar-refractivity contribution in [1.29, 1.82) is 0 Å². The average molecular weight is 351 g/mol. The van der Waals surface area contributed by atoms with E-state index in [1.807, 2.05) is 30.3 Å². The highest BCUT2D eigenvalue weighted by molar-refractivity contribution is 5.73. The van der Waals surface area contributed by atoms with Crippen molar-refractivity contribution in [3.05, 3.63) is 35.9 Å². The van der Waals surface area contributed by atoms with Gasteiger partial charge < -0.3 is 29.4 Å². The summed E-state index contributed by atoms with van der Waals surface area (Å²) >= 11 is 0. The van der Waals surface area contributed by atoms with E-state index in [0.29, 0.717) is 6.61 Å². The van der Waals surface area contributed by atoms with Crippen molar-refractivity contribution >= 4 is 5.91 Å². The van der Waals surface area contributed by atoms with E-state index in [1.165, 1.54) is 6.92 Å². The lowest BCUT2D eigenvalue weighted by atomic mass is 9.95. The number of carbonyl (C=O) groups is 1. The fourth-order valence-electron chi connectivity index (χ4n) is 3.13. The van der Waals surface area contributed by atoms with Crippen LogP contribution in [0.1, 0.15) is 26.3 Å². The maximum atomic E-state index is 11.6. The zero-order valence-corrected chi connectivity index (χ0v) is 14.7. The van der Waals surface area contributed by atoms with Crippen LogP contribution in [-0.2, 0) is 30.3 Å². The van der Waals surface area contributed by atoms with E-state index in [1.54, 1.807) is 13.8 Å². The Balaban J connectivity index is 1.73. The Labute approximate surface area is 147 Å². The second-order valence-electron chi connectivity index (χ2n) is 6.85. The number of carbonyl (C=O) groups excluding carboxylic acids is 1. The zero-order valence-electron chi connectivity index (χ0n) is 14.7. The molecular formula is C18H25NO6. The Morgan fingerprint density at radius 3 is 2.76 bits per heavy atom. The first-order chi connectivity index (χ1) is 11.9. The first kappa shape index (κ1) is 18.3. The standard InChI is InChI=1S/C18H25NO6/c1-11(20)19-14-15(21)16-13(10-23-18(2,3)25-16)24-17(14)22-9-12-7-5-4-6-8-12/h4-8,13-17,21H,9-10H2,1-3H3,(H,19,20)/t13-,14-,15-,16+,17+/m1/s1. The molecule has 0 aliphatic carbocycles. The summed E-state index contributed by atoms with van der Waals surface area (Å²) in [5, 5.41) is 13.5. The van der Waals surface area contributed by atoms with Crippen LogP contribution in [0.3, 0.4) is 0 Å². The smallest absolute Gasteiger partial charge is 0.217 e. The van der Waals surface area contributed by atoms with Gasteiger partial charge in [0.2, 0.25) is 5.91 Å². The lowest BCUT2D eigenvalue weighted by Crippen LogP contribution is -2.68. The molecule has 7 nitrogen and oxygen atoms in total. The van der Waals surface area contributed by atoms with Gasteiger partial charge in [0, 0.05) is 6.92 Å². The maximum Gasteiger partial charge on any atom is 0.217 e. The summed E-state index contributed by atoms with van der Waals surface area (Å²) in [7, 11) is 0. The van der Waals surface area contributed by atoms with Crippen molar-refractivity contribution in [2.75, 3.05) is 6.61 Å². The lowest BCUT2D eigenvalue weighted by Gasteiger charge is -2.49. The van der Waals surface area contributed by atoms with Gasteiger partial charge in [-0.1, -0.05) is 30.3 Å². The molecule has 0 radical (unpaired) electrons. The molecule has 3 rings (SSSR count). The molecule has 0 unspecified atom stereocenters. The van der Waals surface area contributed by atoms with Gasteiger partial charge in [0.1, 0.15) is 24.4 Å². The summed E-state index contributed by atoms with van der Waals surface area (Å²) in [4.78, 5) is 11.6. The van der Waals surface area contributed by atoms with E-state index < -0.39 is 36.4 Å². The third-order valence-corrected chi connectivity index (χ3v) is 4.32. The second kappa shape index (κ2) is 7.39. The first-order valence-corrected chi connectivity index (χ1v) is 8.44. The molecule has 138 valence electrons. The van der Waals surface area contributed by atoms with Gasteiger partial charge in [0.05, 0.1) is 13.2 Å². The first-order valence-electron chi connectivity index (χ1n) is 8.44. The molecule has 2 N–H and O–H groups in total. The third-order valence-electron chi connectivity index (χ3n) is 4.32. The van der Waals surface area contributed by atoms with Crippen LogP contribution >= 0.6 is 0 Å². The van der Waals surface area contributed by atoms with Gasteiger partial charge in [-0.15, -0.1) is 0 Å². The molecule has 0 spiro atoms. The topological polar surface area (TPSA) is 86.3 Å². The molecule has 2 fully saturated rings. The quantitative estimate of drug-likeness (QED) is 0.840. The van der Waals surface area contributed by atoms with Crippen LogP contribution in [0.2, 0.25) is 0 Å². The maximum absolute atomic E-state index is 11.6. The molecule has 1 aromatic carbocycles. The molecule has 2 heterocycles. The number of aliphatic hydroxyl groups is 1. The molecule has 1 aromatic rings. The molecule has 25 heavy (non-hydrogen) atoms. The Hall–Kier alpha value is -1.51. The van der Waals surface area contributed by atoms with Crippen LogP contribution in [0.15, 0.2) is 30.3 Å². The van der Waals surface area contributed by atoms with Crippen molar-refractivity contribution in [2.24, 2.45) is 0 Å². The van der Waals surface area contributed by atoms with Crippen LogP contribution in [0.25, 0.3) is 0 Å². The normalized spacial score (nSPS) is 34.2. The van der Waals surface area contributed by atoms with Gasteiger partial charge in [0.25, 0.3) is 0 Å². The predicted molar refractivity (Wildman–Crippen MR) is 88.4 cm³/mol. The molecule has 5 atom stereocenters. The summed E-state index contributed by atoms with van der Waals surface area (Å²) in [5.41, 5.74) is 0.974. The highest BCUT2D eigenvalue weighted by Gasteiger charge is 2.51. The highest BCUT2D eigenvalue weighted by atomic mass is 16.8. The zero-order chi connectivity index (χ0) is 18.0. The predicted octanol–water partition coefficient (Wildman–Crippen LogP) is 0.945. The minimum absolute atomic E-state index is 0.272. The molecule has 0 saturated carbocycles. The Kier molecular flexibility index (Phi) is 5.41. The molecular weight excluding hydrogens is 326 g/mol. The number of ether oxygens (including phenoxy) is 4. The van der Waals surface area contributed by atoms with Gasteiger partial charge >= 0.3 is 0 Å². The van der Waals surface area contributed by atoms with E-state index >= 15 is 0 Å². The van der Waals surface area contributed by atoms with E-state index in [9.17, 15) is 9.90 Å². The number of benzene rings is 1. The fourth-order valence-corrected chi connectivity index (χ4v) is 3.13. The van der Waals surface area contributed by atoms with Gasteiger partial charge in [-0.25, -0.2) is 0 Å². The van der Waals surface area contributed by atoms with Crippen LogP contribution in [-0.4, -0.2) is 54.1 Å². The molecule has 2 saturated heterocycles. The van der Waals surface area contributed by atoms with E-state index in [-0.39, 0.29) is 12.5 Å². The van der Waals surface area contributed by atoms with Crippen LogP contribution in [0, 0.1) is 0 Å². The minimum Gasteiger partial charge on any atom is -0.388 e. The van der Waals surface area contributed by atoms with Crippen molar-refractivity contribution in [2.45, 2.75) is 63.8 Å². The number of aliphatic hydroxyl groups excluding tert-OH is 1. The molecule has 2 aliphatic rings. The molecule has 1 amide bonds. The number of amides is 1. The minimum atomic E-state index is -0.966. The van der Waals surface area contributed by atoms with E-state index in [2.05, 4.69) is 5.32 Å². The van der Waals surface area contributed by atoms with Crippen LogP contribution < -0.4 is 5.32 Å². The summed E-state index contributed by atoms with van der Waals surface area (Å²) in [5.74, 6) is -1.09. The van der Waals surface area contributed by atoms with Gasteiger partial charge in [-0.3, -0.25) is 4.79 Å². The fraction of sp³-hybridized carbons (Fsp3) is 0.611. The van der Waals surface area contributed by atoms with Crippen molar-refractivity contribution < 1.29 is 28.8 Å². The summed E-state index contributed by atoms with van der Waals surface area (Å²) in [6, 6.07) is 8.91.